The number of carbonyl (C=O) groups excluding carboxylic acids is 3. The van der Waals surface area contributed by atoms with Crippen LogP contribution in [0.25, 0.3) is 0 Å². The molecule has 0 radical (unpaired) electrons. The van der Waals surface area contributed by atoms with Crippen molar-refractivity contribution in [3.8, 4) is 5.75 Å². The average molecular weight is 413 g/mol. The maximum absolute atomic E-state index is 12.3. The molecule has 2 heterocycles. The third-order valence-electron chi connectivity index (χ3n) is 3.85. The van der Waals surface area contributed by atoms with Gasteiger partial charge in [0.2, 0.25) is 17.5 Å². The number of nitrogens with one attached hydrogen (secondary N) is 1. The number of thiophene rings is 1. The van der Waals surface area contributed by atoms with E-state index in [2.05, 4.69) is 5.32 Å². The van der Waals surface area contributed by atoms with Gasteiger partial charge in [-0.25, -0.2) is 4.79 Å². The van der Waals surface area contributed by atoms with Crippen molar-refractivity contribution in [2.75, 3.05) is 6.61 Å². The molecule has 7 nitrogen and oxygen atoms in total. The highest BCUT2D eigenvalue weighted by atomic mass is 32.1. The van der Waals surface area contributed by atoms with E-state index in [1.807, 2.05) is 18.2 Å². The van der Waals surface area contributed by atoms with Gasteiger partial charge in [0.25, 0.3) is 0 Å². The molecule has 150 valence electrons. The Morgan fingerprint density at radius 3 is 2.62 bits per heavy atom. The number of para-hydroxylation sites is 1. The van der Waals surface area contributed by atoms with Crippen molar-refractivity contribution in [3.05, 3.63) is 75.9 Å². The molecule has 0 saturated carbocycles. The van der Waals surface area contributed by atoms with Gasteiger partial charge in [-0.3, -0.25) is 9.59 Å². The molecule has 2 aromatic heterocycles. The number of ether oxygens (including phenoxy) is 2. The highest BCUT2D eigenvalue weighted by Crippen LogP contribution is 2.19. The lowest BCUT2D eigenvalue weighted by atomic mass is 10.2. The van der Waals surface area contributed by atoms with Crippen LogP contribution in [0.1, 0.15) is 37.6 Å². The van der Waals surface area contributed by atoms with Crippen LogP contribution in [0.3, 0.4) is 0 Å². The Balaban J connectivity index is 1.52. The fourth-order valence-electron chi connectivity index (χ4n) is 2.41. The zero-order valence-electron chi connectivity index (χ0n) is 15.7. The fourth-order valence-corrected chi connectivity index (χ4v) is 3.28. The molecule has 0 saturated heterocycles. The zero-order chi connectivity index (χ0) is 20.6. The van der Waals surface area contributed by atoms with Crippen LogP contribution in [0, 0.1) is 0 Å². The molecule has 1 N–H and O–H groups in total. The lowest BCUT2D eigenvalue weighted by Gasteiger charge is -2.06. The number of furan rings is 1. The van der Waals surface area contributed by atoms with Crippen LogP contribution in [-0.2, 0) is 22.7 Å². The van der Waals surface area contributed by atoms with E-state index in [4.69, 9.17) is 13.9 Å². The summed E-state index contributed by atoms with van der Waals surface area (Å²) in [6.07, 6.45) is 1.37. The van der Waals surface area contributed by atoms with Gasteiger partial charge in [-0.1, -0.05) is 18.2 Å². The summed E-state index contributed by atoms with van der Waals surface area (Å²) < 4.78 is 15.9. The molecule has 1 aromatic carbocycles. The van der Waals surface area contributed by atoms with Gasteiger partial charge in [-0.15, -0.1) is 11.3 Å². The number of rotatable bonds is 9. The molecule has 0 atom stereocenters. The number of hydrogen-bond acceptors (Lipinski definition) is 7. The third kappa shape index (κ3) is 5.79. The van der Waals surface area contributed by atoms with E-state index >= 15 is 0 Å². The van der Waals surface area contributed by atoms with Crippen LogP contribution in [-0.4, -0.2) is 24.3 Å². The Morgan fingerprint density at radius 2 is 1.86 bits per heavy atom. The Labute approximate surface area is 171 Å². The van der Waals surface area contributed by atoms with Gasteiger partial charge >= 0.3 is 5.97 Å². The summed E-state index contributed by atoms with van der Waals surface area (Å²) in [4.78, 5) is 36.8. The van der Waals surface area contributed by atoms with Gasteiger partial charge in [0, 0.05) is 17.4 Å². The van der Waals surface area contributed by atoms with Crippen LogP contribution in [0.4, 0.5) is 0 Å². The van der Waals surface area contributed by atoms with E-state index < -0.39 is 12.6 Å². The molecule has 0 aliphatic carbocycles. The summed E-state index contributed by atoms with van der Waals surface area (Å²) in [7, 11) is 0. The number of Topliss-reactive ketones (excluding diaryl/α,β-unsaturated/α-hetero) is 1. The molecule has 0 aliphatic heterocycles. The van der Waals surface area contributed by atoms with Crippen LogP contribution in [0.5, 0.6) is 5.75 Å². The molecule has 0 aliphatic rings. The third-order valence-corrected chi connectivity index (χ3v) is 4.98. The second kappa shape index (κ2) is 9.70. The number of benzene rings is 1. The van der Waals surface area contributed by atoms with Gasteiger partial charge in [0.1, 0.15) is 12.4 Å². The van der Waals surface area contributed by atoms with Gasteiger partial charge in [-0.2, -0.15) is 0 Å². The van der Waals surface area contributed by atoms with Crippen LogP contribution < -0.4 is 10.1 Å². The molecule has 0 fully saturated rings. The van der Waals surface area contributed by atoms with E-state index in [0.717, 1.165) is 4.88 Å². The van der Waals surface area contributed by atoms with E-state index in [-0.39, 0.29) is 24.1 Å². The summed E-state index contributed by atoms with van der Waals surface area (Å²) in [5.41, 5.74) is 0.528. The Kier molecular flexibility index (Phi) is 6.80. The van der Waals surface area contributed by atoms with E-state index in [1.54, 1.807) is 30.3 Å². The standard InChI is InChI=1S/C21H19NO6S/c1-14(23)22-11-17-7-8-19(29-17)18(24)13-28-21(25)20-15(9-10-26-20)12-27-16-5-3-2-4-6-16/h2-10H,11-13H2,1H3,(H,22,23). The molecule has 8 heteroatoms. The van der Waals surface area contributed by atoms with E-state index in [1.165, 1.54) is 24.5 Å². The first-order chi connectivity index (χ1) is 14.0. The number of esters is 1. The number of hydrogen-bond donors (Lipinski definition) is 1. The molecule has 0 spiro atoms. The minimum atomic E-state index is -0.731. The lowest BCUT2D eigenvalue weighted by molar-refractivity contribution is -0.119. The predicted molar refractivity (Wildman–Crippen MR) is 106 cm³/mol. The molecular formula is C21H19NO6S. The van der Waals surface area contributed by atoms with Gasteiger partial charge in [-0.05, 0) is 30.3 Å². The molecule has 0 bridgehead atoms. The second-order valence-corrected chi connectivity index (χ2v) is 7.22. The summed E-state index contributed by atoms with van der Waals surface area (Å²) in [5, 5.41) is 2.66. The smallest absolute Gasteiger partial charge is 0.375 e. The second-order valence-electron chi connectivity index (χ2n) is 6.05. The molecule has 1 amide bonds. The molecule has 0 unspecified atom stereocenters. The zero-order valence-corrected chi connectivity index (χ0v) is 16.5. The van der Waals surface area contributed by atoms with E-state index in [0.29, 0.717) is 22.7 Å². The first-order valence-corrected chi connectivity index (χ1v) is 9.62. The lowest BCUT2D eigenvalue weighted by Crippen LogP contribution is -2.18. The first-order valence-electron chi connectivity index (χ1n) is 8.80. The maximum atomic E-state index is 12.3. The molecule has 3 aromatic rings. The normalized spacial score (nSPS) is 10.4. The highest BCUT2D eigenvalue weighted by Gasteiger charge is 2.20. The summed E-state index contributed by atoms with van der Waals surface area (Å²) >= 11 is 1.24. The topological polar surface area (TPSA) is 94.8 Å². The maximum Gasteiger partial charge on any atom is 0.375 e. The molecule has 29 heavy (non-hydrogen) atoms. The molecule has 3 rings (SSSR count). The van der Waals surface area contributed by atoms with Crippen LogP contribution >= 0.6 is 11.3 Å². The largest absolute Gasteiger partial charge is 0.489 e. The Bertz CT molecular complexity index is 992. The number of ketones is 1. The van der Waals surface area contributed by atoms with Crippen LogP contribution in [0.2, 0.25) is 0 Å². The quantitative estimate of drug-likeness (QED) is 0.425. The van der Waals surface area contributed by atoms with Gasteiger partial charge in [0.05, 0.1) is 17.7 Å². The van der Waals surface area contributed by atoms with Crippen molar-refractivity contribution >= 4 is 29.0 Å². The van der Waals surface area contributed by atoms with E-state index in [9.17, 15) is 14.4 Å². The van der Waals surface area contributed by atoms with Gasteiger partial charge in [0.15, 0.2) is 6.61 Å². The summed E-state index contributed by atoms with van der Waals surface area (Å²) in [5.74, 6) is -0.538. The van der Waals surface area contributed by atoms with Crippen molar-refractivity contribution in [2.45, 2.75) is 20.1 Å². The number of amides is 1. The Morgan fingerprint density at radius 1 is 1.07 bits per heavy atom. The monoisotopic (exact) mass is 413 g/mol. The van der Waals surface area contributed by atoms with Crippen LogP contribution in [0.15, 0.2) is 59.2 Å². The minimum absolute atomic E-state index is 0.00579. The van der Waals surface area contributed by atoms with Crippen molar-refractivity contribution in [3.63, 3.8) is 0 Å². The minimum Gasteiger partial charge on any atom is -0.489 e. The van der Waals surface area contributed by atoms with Crippen molar-refractivity contribution in [2.24, 2.45) is 0 Å². The number of carbonyl (C=O) groups is 3. The summed E-state index contributed by atoms with van der Waals surface area (Å²) in [6, 6.07) is 14.2. The SMILES string of the molecule is CC(=O)NCc1ccc(C(=O)COC(=O)c2occc2COc2ccccc2)s1. The Hall–Kier alpha value is -3.39. The van der Waals surface area contributed by atoms with Crippen molar-refractivity contribution < 1.29 is 28.3 Å². The fraction of sp³-hybridized carbons (Fsp3) is 0.190. The predicted octanol–water partition coefficient (Wildman–Crippen LogP) is 3.60. The van der Waals surface area contributed by atoms with Gasteiger partial charge < -0.3 is 19.2 Å². The van der Waals surface area contributed by atoms with Crippen molar-refractivity contribution in [1.29, 1.82) is 0 Å². The molecular weight excluding hydrogens is 394 g/mol. The first kappa shape index (κ1) is 20.3. The average Bonchev–Trinajstić information content (AvgIpc) is 3.39. The summed E-state index contributed by atoms with van der Waals surface area (Å²) in [6.45, 7) is 1.51. The van der Waals surface area contributed by atoms with Crippen molar-refractivity contribution in [1.82, 2.24) is 5.32 Å². The highest BCUT2D eigenvalue weighted by molar-refractivity contribution is 7.14.